The van der Waals surface area contributed by atoms with E-state index in [2.05, 4.69) is 55.4 Å². The number of aliphatic hydroxyl groups is 1. The lowest BCUT2D eigenvalue weighted by Gasteiger charge is -2.21. The van der Waals surface area contributed by atoms with Crippen LogP contribution in [0.4, 0.5) is 0 Å². The Morgan fingerprint density at radius 1 is 0.275 bits per heavy atom. The molecule has 0 saturated heterocycles. The van der Waals surface area contributed by atoms with E-state index in [1.54, 1.807) is 0 Å². The first kappa shape index (κ1) is 100. The number of phosphoric ester groups is 2. The van der Waals surface area contributed by atoms with E-state index in [9.17, 15) is 43.2 Å². The highest BCUT2D eigenvalue weighted by molar-refractivity contribution is 7.47. The number of aliphatic hydroxyl groups excluding tert-OH is 1. The summed E-state index contributed by atoms with van der Waals surface area (Å²) in [5.41, 5.74) is 0. The molecular formula is C83H162O17P2. The molecule has 102 heavy (non-hydrogen) atoms. The molecule has 0 aromatic heterocycles. The fourth-order valence-electron chi connectivity index (χ4n) is 12.8. The van der Waals surface area contributed by atoms with Crippen LogP contribution in [0.15, 0.2) is 0 Å². The van der Waals surface area contributed by atoms with Gasteiger partial charge >= 0.3 is 39.5 Å². The van der Waals surface area contributed by atoms with Gasteiger partial charge in [0.2, 0.25) is 0 Å². The molecule has 606 valence electrons. The van der Waals surface area contributed by atoms with Gasteiger partial charge in [-0.25, -0.2) is 9.13 Å². The molecule has 0 radical (unpaired) electrons. The fraction of sp³-hybridized carbons (Fsp3) is 0.952. The van der Waals surface area contributed by atoms with Crippen molar-refractivity contribution in [1.82, 2.24) is 0 Å². The minimum absolute atomic E-state index is 0.105. The molecule has 0 aromatic carbocycles. The summed E-state index contributed by atoms with van der Waals surface area (Å²) in [6.07, 6.45) is 59.9. The Morgan fingerprint density at radius 2 is 0.471 bits per heavy atom. The summed E-state index contributed by atoms with van der Waals surface area (Å²) < 4.78 is 68.7. The summed E-state index contributed by atoms with van der Waals surface area (Å²) in [4.78, 5) is 73.0. The topological polar surface area (TPSA) is 237 Å². The van der Waals surface area contributed by atoms with Crippen LogP contribution in [0.5, 0.6) is 0 Å². The quantitative estimate of drug-likeness (QED) is 0.0222. The lowest BCUT2D eigenvalue weighted by molar-refractivity contribution is -0.161. The maximum atomic E-state index is 13.1. The van der Waals surface area contributed by atoms with Gasteiger partial charge in [0, 0.05) is 25.7 Å². The van der Waals surface area contributed by atoms with Crippen molar-refractivity contribution >= 4 is 39.5 Å². The molecule has 3 unspecified atom stereocenters. The van der Waals surface area contributed by atoms with E-state index < -0.39 is 97.5 Å². The van der Waals surface area contributed by atoms with Crippen LogP contribution in [0.1, 0.15) is 428 Å². The number of hydrogen-bond acceptors (Lipinski definition) is 15. The van der Waals surface area contributed by atoms with E-state index in [1.165, 1.54) is 225 Å². The Bertz CT molecular complexity index is 1990. The molecule has 0 fully saturated rings. The number of esters is 4. The molecule has 17 nitrogen and oxygen atoms in total. The molecule has 0 amide bonds. The van der Waals surface area contributed by atoms with Gasteiger partial charge in [-0.15, -0.1) is 0 Å². The third-order valence-corrected chi connectivity index (χ3v) is 21.6. The van der Waals surface area contributed by atoms with Crippen LogP contribution in [0.2, 0.25) is 0 Å². The number of phosphoric acid groups is 2. The van der Waals surface area contributed by atoms with E-state index in [0.717, 1.165) is 114 Å². The summed E-state index contributed by atoms with van der Waals surface area (Å²) in [7, 11) is -9.92. The van der Waals surface area contributed by atoms with Crippen molar-refractivity contribution in [3.8, 4) is 0 Å². The first-order chi connectivity index (χ1) is 49.1. The second-order valence-corrected chi connectivity index (χ2v) is 34.4. The van der Waals surface area contributed by atoms with Crippen molar-refractivity contribution in [2.45, 2.75) is 446 Å². The van der Waals surface area contributed by atoms with Crippen LogP contribution < -0.4 is 0 Å². The summed E-state index contributed by atoms with van der Waals surface area (Å²) in [5, 5.41) is 10.6. The minimum atomic E-state index is -4.96. The zero-order valence-electron chi connectivity index (χ0n) is 67.2. The molecule has 0 spiro atoms. The van der Waals surface area contributed by atoms with Crippen molar-refractivity contribution in [2.24, 2.45) is 23.7 Å². The van der Waals surface area contributed by atoms with Crippen molar-refractivity contribution in [1.29, 1.82) is 0 Å². The average Bonchev–Trinajstić information content (AvgIpc) is 0.915. The van der Waals surface area contributed by atoms with Gasteiger partial charge in [0.15, 0.2) is 12.2 Å². The number of carbonyl (C=O) groups is 4. The van der Waals surface area contributed by atoms with Crippen molar-refractivity contribution < 1.29 is 80.2 Å². The summed E-state index contributed by atoms with van der Waals surface area (Å²) in [6.45, 7) is 14.3. The van der Waals surface area contributed by atoms with Gasteiger partial charge in [-0.3, -0.25) is 37.3 Å². The molecule has 0 saturated carbocycles. The van der Waals surface area contributed by atoms with E-state index in [4.69, 9.17) is 37.0 Å². The zero-order chi connectivity index (χ0) is 75.3. The molecule has 0 aliphatic carbocycles. The van der Waals surface area contributed by atoms with E-state index in [1.807, 2.05) is 0 Å². The lowest BCUT2D eigenvalue weighted by atomic mass is 9.99. The molecule has 0 aliphatic heterocycles. The van der Waals surface area contributed by atoms with Gasteiger partial charge in [-0.2, -0.15) is 0 Å². The van der Waals surface area contributed by atoms with Crippen LogP contribution in [-0.4, -0.2) is 96.7 Å². The summed E-state index contributed by atoms with van der Waals surface area (Å²) in [5.74, 6) is 1.00. The molecule has 3 N–H and O–H groups in total. The first-order valence-electron chi connectivity index (χ1n) is 42.7. The standard InChI is InChI=1S/C83H162O17P2/c1-9-76(8)62-54-46-37-31-25-19-14-12-10-11-13-15-21-27-33-39-49-57-65-82(87)99-78(69-93-80(85)63-55-47-38-32-26-20-17-16-18-23-29-35-43-51-59-73(2)3)71-97-101(89,90)95-67-77(84)68-96-102(91,92)98-72-79(70-94-81(86)64-56-48-42-41-45-53-61-75(6)7)100-83(88)66-58-50-40-34-28-22-24-30-36-44-52-60-74(4)5/h73-79,84H,9-72H2,1-8H3,(H,89,90)(H,91,92)/t76?,77-,78-,79-/m1/s1. The minimum Gasteiger partial charge on any atom is -0.462 e. The van der Waals surface area contributed by atoms with Crippen LogP contribution in [0.3, 0.4) is 0 Å². The maximum Gasteiger partial charge on any atom is 0.472 e. The third-order valence-electron chi connectivity index (χ3n) is 19.7. The van der Waals surface area contributed by atoms with E-state index >= 15 is 0 Å². The van der Waals surface area contributed by atoms with Gasteiger partial charge in [0.25, 0.3) is 0 Å². The molecule has 0 aromatic rings. The predicted octanol–water partition coefficient (Wildman–Crippen LogP) is 24.8. The molecule has 0 aliphatic rings. The summed E-state index contributed by atoms with van der Waals surface area (Å²) in [6, 6.07) is 0. The molecule has 19 heteroatoms. The molecule has 0 rings (SSSR count). The number of rotatable bonds is 80. The average molecular weight is 1490 g/mol. The Kier molecular flexibility index (Phi) is 70.6. The number of hydrogen-bond donors (Lipinski definition) is 3. The Balaban J connectivity index is 5.21. The van der Waals surface area contributed by atoms with Crippen LogP contribution >= 0.6 is 15.6 Å². The summed E-state index contributed by atoms with van der Waals surface area (Å²) >= 11 is 0. The van der Waals surface area contributed by atoms with Gasteiger partial charge in [0.05, 0.1) is 26.4 Å². The van der Waals surface area contributed by atoms with Crippen molar-refractivity contribution in [2.75, 3.05) is 39.6 Å². The van der Waals surface area contributed by atoms with E-state index in [0.29, 0.717) is 31.6 Å². The molecular weight excluding hydrogens is 1330 g/mol. The largest absolute Gasteiger partial charge is 0.472 e. The second kappa shape index (κ2) is 72.0. The van der Waals surface area contributed by atoms with Crippen molar-refractivity contribution in [3.63, 3.8) is 0 Å². The molecule has 0 bridgehead atoms. The van der Waals surface area contributed by atoms with Crippen LogP contribution in [-0.2, 0) is 65.4 Å². The molecule has 6 atom stereocenters. The highest BCUT2D eigenvalue weighted by Gasteiger charge is 2.30. The second-order valence-electron chi connectivity index (χ2n) is 31.5. The SMILES string of the molecule is CCC(C)CCCCCCCCCCCCCCCCCCCCC(=O)O[C@H](COC(=O)CCCCCCCCCCCCCCCCC(C)C)COP(=O)(O)OC[C@@H](O)COP(=O)(O)OC[C@@H](COC(=O)CCCCCCCCC(C)C)OC(=O)CCCCCCCCCCCCCC(C)C. The Labute approximate surface area is 626 Å². The monoisotopic (exact) mass is 1490 g/mol. The predicted molar refractivity (Wildman–Crippen MR) is 418 cm³/mol. The van der Waals surface area contributed by atoms with Crippen LogP contribution in [0, 0.1) is 23.7 Å². The number of ether oxygens (including phenoxy) is 4. The normalized spacial score (nSPS) is 14.3. The Hall–Kier alpha value is -1.94. The smallest absolute Gasteiger partial charge is 0.462 e. The number of carbonyl (C=O) groups excluding carboxylic acids is 4. The van der Waals surface area contributed by atoms with Crippen molar-refractivity contribution in [3.05, 3.63) is 0 Å². The Morgan fingerprint density at radius 3 is 0.696 bits per heavy atom. The highest BCUT2D eigenvalue weighted by Crippen LogP contribution is 2.45. The fourth-order valence-corrected chi connectivity index (χ4v) is 14.3. The van der Waals surface area contributed by atoms with Gasteiger partial charge in [0.1, 0.15) is 19.3 Å². The molecule has 0 heterocycles. The lowest BCUT2D eigenvalue weighted by Crippen LogP contribution is -2.30. The van der Waals surface area contributed by atoms with E-state index in [-0.39, 0.29) is 25.7 Å². The zero-order valence-corrected chi connectivity index (χ0v) is 69.0. The highest BCUT2D eigenvalue weighted by atomic mass is 31.2. The maximum absolute atomic E-state index is 13.1. The van der Waals surface area contributed by atoms with Gasteiger partial charge in [-0.05, 0) is 49.4 Å². The first-order valence-corrected chi connectivity index (χ1v) is 45.7. The van der Waals surface area contributed by atoms with Crippen LogP contribution in [0.25, 0.3) is 0 Å². The number of unbranched alkanes of at least 4 members (excludes halogenated alkanes) is 45. The van der Waals surface area contributed by atoms with Gasteiger partial charge in [-0.1, -0.05) is 376 Å². The van der Waals surface area contributed by atoms with Gasteiger partial charge < -0.3 is 33.8 Å². The third kappa shape index (κ3) is 74.9.